The first-order chi connectivity index (χ1) is 13.0. The number of carbonyl (C=O) groups excluding carboxylic acids is 3. The van der Waals surface area contributed by atoms with Crippen LogP contribution in [0.15, 0.2) is 48.5 Å². The summed E-state index contributed by atoms with van der Waals surface area (Å²) in [6, 6.07) is 12.5. The zero-order valence-corrected chi connectivity index (χ0v) is 15.1. The molecular formula is C19H21N3O5. The predicted octanol–water partition coefficient (Wildman–Crippen LogP) is 2.63. The Labute approximate surface area is 156 Å². The summed E-state index contributed by atoms with van der Waals surface area (Å²) in [6.45, 7) is 1.82. The maximum Gasteiger partial charge on any atom is 0.338 e. The normalized spacial score (nSPS) is 9.85. The van der Waals surface area contributed by atoms with E-state index in [1.165, 1.54) is 0 Å². The quantitative estimate of drug-likeness (QED) is 0.649. The minimum Gasteiger partial charge on any atom is -0.497 e. The molecule has 3 N–H and O–H groups in total. The van der Waals surface area contributed by atoms with Gasteiger partial charge in [0, 0.05) is 11.4 Å². The molecule has 2 rings (SSSR count). The molecule has 0 aliphatic carbocycles. The lowest BCUT2D eigenvalue weighted by atomic mass is 10.2. The molecule has 0 radical (unpaired) electrons. The molecule has 0 spiro atoms. The number of benzene rings is 2. The van der Waals surface area contributed by atoms with Crippen LogP contribution in [0.25, 0.3) is 0 Å². The van der Waals surface area contributed by atoms with E-state index >= 15 is 0 Å². The van der Waals surface area contributed by atoms with Gasteiger partial charge in [-0.05, 0) is 55.5 Å². The van der Waals surface area contributed by atoms with E-state index in [4.69, 9.17) is 9.47 Å². The van der Waals surface area contributed by atoms with Crippen LogP contribution < -0.4 is 20.7 Å². The number of methoxy groups -OCH3 is 1. The number of ether oxygens (including phenoxy) is 2. The van der Waals surface area contributed by atoms with Crippen molar-refractivity contribution in [3.8, 4) is 5.75 Å². The largest absolute Gasteiger partial charge is 0.497 e. The SMILES string of the molecule is CCOC(=O)c1ccc(NC(=O)NCC(=O)Nc2ccc(OC)cc2)cc1. The summed E-state index contributed by atoms with van der Waals surface area (Å²) in [7, 11) is 1.56. The van der Waals surface area contributed by atoms with Crippen molar-refractivity contribution in [2.45, 2.75) is 6.92 Å². The summed E-state index contributed by atoms with van der Waals surface area (Å²) in [5.74, 6) is -0.115. The van der Waals surface area contributed by atoms with Crippen LogP contribution in [0.5, 0.6) is 5.75 Å². The van der Waals surface area contributed by atoms with Crippen molar-refractivity contribution in [3.63, 3.8) is 0 Å². The van der Waals surface area contributed by atoms with E-state index in [1.807, 2.05) is 0 Å². The number of esters is 1. The Hall–Kier alpha value is -3.55. The highest BCUT2D eigenvalue weighted by Crippen LogP contribution is 2.14. The number of urea groups is 1. The van der Waals surface area contributed by atoms with E-state index in [9.17, 15) is 14.4 Å². The second kappa shape index (κ2) is 9.81. The second-order valence-corrected chi connectivity index (χ2v) is 5.38. The Bertz CT molecular complexity index is 788. The van der Waals surface area contributed by atoms with Crippen molar-refractivity contribution < 1.29 is 23.9 Å². The molecule has 0 unspecified atom stereocenters. The smallest absolute Gasteiger partial charge is 0.338 e. The number of rotatable bonds is 7. The first-order valence-electron chi connectivity index (χ1n) is 8.27. The second-order valence-electron chi connectivity index (χ2n) is 5.38. The van der Waals surface area contributed by atoms with Crippen molar-refractivity contribution in [2.24, 2.45) is 0 Å². The lowest BCUT2D eigenvalue weighted by Gasteiger charge is -2.09. The van der Waals surface area contributed by atoms with Gasteiger partial charge in [-0.2, -0.15) is 0 Å². The van der Waals surface area contributed by atoms with Crippen molar-refractivity contribution in [1.82, 2.24) is 5.32 Å². The van der Waals surface area contributed by atoms with E-state index in [0.717, 1.165) is 0 Å². The minimum absolute atomic E-state index is 0.196. The highest BCUT2D eigenvalue weighted by atomic mass is 16.5. The van der Waals surface area contributed by atoms with Gasteiger partial charge in [0.05, 0.1) is 25.8 Å². The monoisotopic (exact) mass is 371 g/mol. The predicted molar refractivity (Wildman–Crippen MR) is 101 cm³/mol. The zero-order chi connectivity index (χ0) is 19.6. The van der Waals surface area contributed by atoms with E-state index in [2.05, 4.69) is 16.0 Å². The van der Waals surface area contributed by atoms with Gasteiger partial charge >= 0.3 is 12.0 Å². The number of nitrogens with one attached hydrogen (secondary N) is 3. The average molecular weight is 371 g/mol. The Kier molecular flexibility index (Phi) is 7.18. The topological polar surface area (TPSA) is 106 Å². The van der Waals surface area contributed by atoms with Crippen molar-refractivity contribution in [3.05, 3.63) is 54.1 Å². The van der Waals surface area contributed by atoms with Gasteiger partial charge in [0.2, 0.25) is 5.91 Å². The van der Waals surface area contributed by atoms with Crippen molar-refractivity contribution in [1.29, 1.82) is 0 Å². The Balaban J connectivity index is 1.77. The molecule has 2 aromatic carbocycles. The Morgan fingerprint density at radius 1 is 0.889 bits per heavy atom. The fraction of sp³-hybridized carbons (Fsp3) is 0.211. The summed E-state index contributed by atoms with van der Waals surface area (Å²) in [4.78, 5) is 35.3. The third-order valence-corrected chi connectivity index (χ3v) is 3.44. The summed E-state index contributed by atoms with van der Waals surface area (Å²) >= 11 is 0. The molecule has 0 aliphatic heterocycles. The highest BCUT2D eigenvalue weighted by Gasteiger charge is 2.08. The molecule has 0 heterocycles. The summed E-state index contributed by atoms with van der Waals surface area (Å²) in [6.07, 6.45) is 0. The third-order valence-electron chi connectivity index (χ3n) is 3.44. The fourth-order valence-corrected chi connectivity index (χ4v) is 2.12. The fourth-order valence-electron chi connectivity index (χ4n) is 2.12. The molecule has 8 nitrogen and oxygen atoms in total. The summed E-state index contributed by atoms with van der Waals surface area (Å²) in [5, 5.41) is 7.68. The van der Waals surface area contributed by atoms with Crippen LogP contribution in [-0.4, -0.2) is 38.2 Å². The molecule has 0 fully saturated rings. The average Bonchev–Trinajstić information content (AvgIpc) is 2.68. The Morgan fingerprint density at radius 2 is 1.48 bits per heavy atom. The molecule has 0 aromatic heterocycles. The molecule has 0 aliphatic rings. The summed E-state index contributed by atoms with van der Waals surface area (Å²) < 4.78 is 9.92. The van der Waals surface area contributed by atoms with Gasteiger partial charge in [-0.25, -0.2) is 9.59 Å². The van der Waals surface area contributed by atoms with E-state index in [-0.39, 0.29) is 12.5 Å². The highest BCUT2D eigenvalue weighted by molar-refractivity contribution is 5.97. The number of hydrogen-bond acceptors (Lipinski definition) is 5. The Morgan fingerprint density at radius 3 is 2.07 bits per heavy atom. The number of hydrogen-bond donors (Lipinski definition) is 3. The molecular weight excluding hydrogens is 350 g/mol. The number of anilines is 2. The van der Waals surface area contributed by atoms with Crippen molar-refractivity contribution >= 4 is 29.3 Å². The van der Waals surface area contributed by atoms with Crippen LogP contribution in [0, 0.1) is 0 Å². The minimum atomic E-state index is -0.538. The molecule has 142 valence electrons. The first-order valence-corrected chi connectivity index (χ1v) is 8.27. The van der Waals surface area contributed by atoms with Crippen LogP contribution >= 0.6 is 0 Å². The van der Waals surface area contributed by atoms with E-state index < -0.39 is 12.0 Å². The number of amides is 3. The van der Waals surface area contributed by atoms with Crippen LogP contribution in [0.3, 0.4) is 0 Å². The summed E-state index contributed by atoms with van der Waals surface area (Å²) in [5.41, 5.74) is 1.47. The van der Waals surface area contributed by atoms with Gasteiger partial charge in [0.25, 0.3) is 0 Å². The maximum atomic E-state index is 11.9. The van der Waals surface area contributed by atoms with Crippen molar-refractivity contribution in [2.75, 3.05) is 30.9 Å². The molecule has 0 atom stereocenters. The first kappa shape index (κ1) is 19.8. The third kappa shape index (κ3) is 6.35. The van der Waals surface area contributed by atoms with Gasteiger partial charge in [-0.1, -0.05) is 0 Å². The van der Waals surface area contributed by atoms with Gasteiger partial charge in [-0.15, -0.1) is 0 Å². The maximum absolute atomic E-state index is 11.9. The molecule has 0 saturated carbocycles. The molecule has 8 heteroatoms. The molecule has 0 bridgehead atoms. The number of carbonyl (C=O) groups is 3. The molecule has 2 aromatic rings. The van der Waals surface area contributed by atoms with Crippen LogP contribution in [0.1, 0.15) is 17.3 Å². The standard InChI is InChI=1S/C19H21N3O5/c1-3-27-18(24)13-4-6-15(7-5-13)22-19(25)20-12-17(23)21-14-8-10-16(26-2)11-9-14/h4-11H,3,12H2,1-2H3,(H,21,23)(H2,20,22,25). The molecule has 27 heavy (non-hydrogen) atoms. The lowest BCUT2D eigenvalue weighted by Crippen LogP contribution is -2.35. The van der Waals surface area contributed by atoms with Crippen LogP contribution in [0.2, 0.25) is 0 Å². The van der Waals surface area contributed by atoms with Gasteiger partial charge in [0.15, 0.2) is 0 Å². The molecule has 3 amide bonds. The van der Waals surface area contributed by atoms with Gasteiger partial charge in [0.1, 0.15) is 5.75 Å². The van der Waals surface area contributed by atoms with E-state index in [1.54, 1.807) is 62.6 Å². The zero-order valence-electron chi connectivity index (χ0n) is 15.1. The van der Waals surface area contributed by atoms with E-state index in [0.29, 0.717) is 29.3 Å². The molecule has 0 saturated heterocycles. The van der Waals surface area contributed by atoms with Crippen LogP contribution in [0.4, 0.5) is 16.2 Å². The lowest BCUT2D eigenvalue weighted by molar-refractivity contribution is -0.115. The van der Waals surface area contributed by atoms with Gasteiger partial charge in [-0.3, -0.25) is 4.79 Å². The van der Waals surface area contributed by atoms with Gasteiger partial charge < -0.3 is 25.4 Å². The van der Waals surface area contributed by atoms with Crippen LogP contribution in [-0.2, 0) is 9.53 Å².